The molecule has 2 N–H and O–H groups in total. The van der Waals surface area contributed by atoms with Gasteiger partial charge in [-0.3, -0.25) is 0 Å². The first-order chi connectivity index (χ1) is 9.88. The summed E-state index contributed by atoms with van der Waals surface area (Å²) in [6, 6.07) is 9.90. The molecule has 0 atom stereocenters. The van der Waals surface area contributed by atoms with E-state index >= 15 is 0 Å². The lowest BCUT2D eigenvalue weighted by molar-refractivity contribution is 0.594. The second-order valence-electron chi connectivity index (χ2n) is 5.32. The Labute approximate surface area is 126 Å². The highest BCUT2D eigenvalue weighted by Gasteiger charge is 2.25. The van der Waals surface area contributed by atoms with Gasteiger partial charge in [0.2, 0.25) is 0 Å². The van der Waals surface area contributed by atoms with Crippen molar-refractivity contribution in [3.63, 3.8) is 0 Å². The molecule has 0 unspecified atom stereocenters. The molecular formula is C16H22N2O2S. The molecule has 21 heavy (non-hydrogen) atoms. The van der Waals surface area contributed by atoms with Crippen molar-refractivity contribution in [2.24, 2.45) is 0 Å². The Kier molecular flexibility index (Phi) is 4.42. The number of benzene rings is 1. The largest absolute Gasteiger partial charge is 0.384 e. The summed E-state index contributed by atoms with van der Waals surface area (Å²) >= 11 is 0. The summed E-state index contributed by atoms with van der Waals surface area (Å²) in [4.78, 5) is 0.304. The summed E-state index contributed by atoms with van der Waals surface area (Å²) in [6.07, 6.45) is 0.587. The van der Waals surface area contributed by atoms with Crippen LogP contribution in [-0.4, -0.2) is 18.7 Å². The minimum atomic E-state index is -3.31. The minimum Gasteiger partial charge on any atom is -0.384 e. The molecule has 1 aromatic carbocycles. The van der Waals surface area contributed by atoms with Crippen LogP contribution in [0.5, 0.6) is 0 Å². The number of sulfone groups is 1. The maximum absolute atomic E-state index is 12.4. The number of hydrogen-bond acceptors (Lipinski definition) is 3. The van der Waals surface area contributed by atoms with E-state index in [1.165, 1.54) is 0 Å². The lowest BCUT2D eigenvalue weighted by Crippen LogP contribution is -2.11. The van der Waals surface area contributed by atoms with Gasteiger partial charge in [-0.05, 0) is 31.4 Å². The summed E-state index contributed by atoms with van der Waals surface area (Å²) in [5.41, 5.74) is 8.92. The number of nitrogens with zero attached hydrogens (tertiary/aromatic N) is 1. The molecule has 0 aliphatic heterocycles. The second-order valence-corrected chi connectivity index (χ2v) is 7.36. The Hall–Kier alpha value is -1.75. The van der Waals surface area contributed by atoms with Crippen molar-refractivity contribution in [1.82, 2.24) is 4.57 Å². The van der Waals surface area contributed by atoms with Crippen LogP contribution in [0.1, 0.15) is 30.2 Å². The molecule has 0 fully saturated rings. The van der Waals surface area contributed by atoms with Crippen LogP contribution < -0.4 is 5.73 Å². The van der Waals surface area contributed by atoms with Gasteiger partial charge >= 0.3 is 0 Å². The SMILES string of the molecule is CCCS(=O)(=O)c1c(C)c(C)n(Cc2ccccc2)c1N. The molecule has 1 heterocycles. The van der Waals surface area contributed by atoms with Gasteiger partial charge in [0.25, 0.3) is 0 Å². The molecule has 0 saturated carbocycles. The highest BCUT2D eigenvalue weighted by Crippen LogP contribution is 2.30. The van der Waals surface area contributed by atoms with Gasteiger partial charge in [0.1, 0.15) is 10.7 Å². The van der Waals surface area contributed by atoms with E-state index in [1.807, 2.05) is 55.7 Å². The molecule has 1 aromatic heterocycles. The first-order valence-corrected chi connectivity index (χ1v) is 8.75. The molecular weight excluding hydrogens is 284 g/mol. The third-order valence-electron chi connectivity index (χ3n) is 3.78. The van der Waals surface area contributed by atoms with Crippen molar-refractivity contribution >= 4 is 15.7 Å². The van der Waals surface area contributed by atoms with Gasteiger partial charge in [-0.2, -0.15) is 0 Å². The Morgan fingerprint density at radius 3 is 2.33 bits per heavy atom. The minimum absolute atomic E-state index is 0.132. The summed E-state index contributed by atoms with van der Waals surface area (Å²) in [5.74, 6) is 0.481. The first kappa shape index (κ1) is 15.6. The number of nitrogens with two attached hydrogens (primary N) is 1. The molecule has 0 aliphatic carbocycles. The van der Waals surface area contributed by atoms with Crippen LogP contribution in [0.4, 0.5) is 5.82 Å². The predicted octanol–water partition coefficient (Wildman–Crippen LogP) is 2.92. The quantitative estimate of drug-likeness (QED) is 0.923. The summed E-state index contributed by atoms with van der Waals surface area (Å²) in [6.45, 7) is 6.19. The molecule has 0 radical (unpaired) electrons. The van der Waals surface area contributed by atoms with E-state index in [0.717, 1.165) is 16.8 Å². The zero-order chi connectivity index (χ0) is 15.6. The lowest BCUT2D eigenvalue weighted by atomic mass is 10.2. The Morgan fingerprint density at radius 2 is 1.76 bits per heavy atom. The fourth-order valence-electron chi connectivity index (χ4n) is 2.60. The van der Waals surface area contributed by atoms with Crippen molar-refractivity contribution in [2.45, 2.75) is 38.6 Å². The van der Waals surface area contributed by atoms with Crippen LogP contribution in [0.3, 0.4) is 0 Å². The number of rotatable bonds is 5. The van der Waals surface area contributed by atoms with Crippen LogP contribution >= 0.6 is 0 Å². The van der Waals surface area contributed by atoms with Gasteiger partial charge in [0.05, 0.1) is 5.75 Å². The molecule has 0 aliphatic rings. The average molecular weight is 306 g/mol. The fourth-order valence-corrected chi connectivity index (χ4v) is 4.38. The fraction of sp³-hybridized carbons (Fsp3) is 0.375. The van der Waals surface area contributed by atoms with E-state index in [1.54, 1.807) is 0 Å². The molecule has 0 spiro atoms. The standard InChI is InChI=1S/C16H22N2O2S/c1-4-10-21(19,20)15-12(2)13(3)18(16(15)17)11-14-8-6-5-7-9-14/h5-9H,4,10-11,17H2,1-3H3. The Bertz CT molecular complexity index is 731. The maximum atomic E-state index is 12.4. The van der Waals surface area contributed by atoms with Crippen molar-refractivity contribution < 1.29 is 8.42 Å². The second kappa shape index (κ2) is 5.93. The van der Waals surface area contributed by atoms with Gasteiger partial charge < -0.3 is 10.3 Å². The van der Waals surface area contributed by atoms with E-state index in [4.69, 9.17) is 5.73 Å². The number of anilines is 1. The molecule has 0 amide bonds. The van der Waals surface area contributed by atoms with Crippen molar-refractivity contribution in [3.8, 4) is 0 Å². The van der Waals surface area contributed by atoms with E-state index in [9.17, 15) is 8.42 Å². The first-order valence-electron chi connectivity index (χ1n) is 7.10. The summed E-state index contributed by atoms with van der Waals surface area (Å²) in [5, 5.41) is 0. The molecule has 4 nitrogen and oxygen atoms in total. The molecule has 0 saturated heterocycles. The number of hydrogen-bond donors (Lipinski definition) is 1. The third-order valence-corrected chi connectivity index (χ3v) is 5.86. The molecule has 2 rings (SSSR count). The topological polar surface area (TPSA) is 65.1 Å². The zero-order valence-electron chi connectivity index (χ0n) is 12.8. The summed E-state index contributed by atoms with van der Waals surface area (Å²) in [7, 11) is -3.31. The molecule has 0 bridgehead atoms. The van der Waals surface area contributed by atoms with Crippen LogP contribution in [0.25, 0.3) is 0 Å². The maximum Gasteiger partial charge on any atom is 0.182 e. The van der Waals surface area contributed by atoms with Crippen molar-refractivity contribution in [3.05, 3.63) is 47.2 Å². The monoisotopic (exact) mass is 306 g/mol. The van der Waals surface area contributed by atoms with E-state index in [0.29, 0.717) is 23.7 Å². The number of nitrogen functional groups attached to an aromatic ring is 1. The van der Waals surface area contributed by atoms with Crippen molar-refractivity contribution in [1.29, 1.82) is 0 Å². The van der Waals surface area contributed by atoms with Crippen LogP contribution in [0, 0.1) is 13.8 Å². The van der Waals surface area contributed by atoms with Crippen LogP contribution in [0.2, 0.25) is 0 Å². The van der Waals surface area contributed by atoms with Crippen LogP contribution in [-0.2, 0) is 16.4 Å². The van der Waals surface area contributed by atoms with Crippen molar-refractivity contribution in [2.75, 3.05) is 11.5 Å². The zero-order valence-corrected chi connectivity index (χ0v) is 13.6. The number of aromatic nitrogens is 1. The Balaban J connectivity index is 2.51. The van der Waals surface area contributed by atoms with Crippen LogP contribution in [0.15, 0.2) is 35.2 Å². The van der Waals surface area contributed by atoms with Gasteiger partial charge in [-0.25, -0.2) is 8.42 Å². The lowest BCUT2D eigenvalue weighted by Gasteiger charge is -2.09. The van der Waals surface area contributed by atoms with Gasteiger partial charge in [0, 0.05) is 12.2 Å². The smallest absolute Gasteiger partial charge is 0.182 e. The summed E-state index contributed by atoms with van der Waals surface area (Å²) < 4.78 is 26.7. The molecule has 2 aromatic rings. The molecule has 114 valence electrons. The predicted molar refractivity (Wildman–Crippen MR) is 86.2 cm³/mol. The van der Waals surface area contributed by atoms with E-state index in [2.05, 4.69) is 0 Å². The third kappa shape index (κ3) is 2.97. The van der Waals surface area contributed by atoms with E-state index < -0.39 is 9.84 Å². The average Bonchev–Trinajstić information content (AvgIpc) is 2.64. The highest BCUT2D eigenvalue weighted by molar-refractivity contribution is 7.91. The van der Waals surface area contributed by atoms with Gasteiger partial charge in [-0.1, -0.05) is 37.3 Å². The van der Waals surface area contributed by atoms with E-state index in [-0.39, 0.29) is 5.75 Å². The molecule has 5 heteroatoms. The van der Waals surface area contributed by atoms with Gasteiger partial charge in [-0.15, -0.1) is 0 Å². The van der Waals surface area contributed by atoms with Gasteiger partial charge in [0.15, 0.2) is 9.84 Å². The Morgan fingerprint density at radius 1 is 1.14 bits per heavy atom. The highest BCUT2D eigenvalue weighted by atomic mass is 32.2. The normalized spacial score (nSPS) is 11.8.